The Labute approximate surface area is 122 Å². The van der Waals surface area contributed by atoms with Crippen LogP contribution in [0.5, 0.6) is 0 Å². The fraction of sp³-hybridized carbons (Fsp3) is 0.636. The predicted octanol–water partition coefficient (Wildman–Crippen LogP) is -1.65. The molecule has 0 aliphatic carbocycles. The number of carbonyl (C=O) groups is 4. The maximum atomic E-state index is 11.6. The average molecular weight is 305 g/mol. The number of hydrogen-bond acceptors (Lipinski definition) is 6. The summed E-state index contributed by atoms with van der Waals surface area (Å²) in [5.41, 5.74) is 4.89. The third-order valence-corrected chi connectivity index (χ3v) is 2.65. The fourth-order valence-corrected chi connectivity index (χ4v) is 1.51. The van der Waals surface area contributed by atoms with Gasteiger partial charge < -0.3 is 21.1 Å². The van der Waals surface area contributed by atoms with Gasteiger partial charge in [0.05, 0.1) is 13.7 Å². The molecule has 20 heavy (non-hydrogen) atoms. The molecule has 8 nitrogen and oxygen atoms in total. The van der Waals surface area contributed by atoms with E-state index < -0.39 is 23.8 Å². The molecule has 0 aromatic carbocycles. The van der Waals surface area contributed by atoms with Crippen molar-refractivity contribution in [1.82, 2.24) is 10.6 Å². The molecule has 0 spiro atoms. The number of hydrogen-bond donors (Lipinski definition) is 4. The number of esters is 1. The van der Waals surface area contributed by atoms with E-state index in [9.17, 15) is 19.2 Å². The summed E-state index contributed by atoms with van der Waals surface area (Å²) in [6, 6.07) is -0.858. The third-order valence-electron chi connectivity index (χ3n) is 2.28. The summed E-state index contributed by atoms with van der Waals surface area (Å²) in [7, 11) is 1.27. The van der Waals surface area contributed by atoms with Crippen molar-refractivity contribution in [3.05, 3.63) is 0 Å². The molecular formula is C11H19N3O5S. The van der Waals surface area contributed by atoms with Crippen LogP contribution in [-0.2, 0) is 23.9 Å². The summed E-state index contributed by atoms with van der Waals surface area (Å²) in [6.07, 6.45) is 0.534. The molecule has 0 radical (unpaired) electrons. The summed E-state index contributed by atoms with van der Waals surface area (Å²) in [4.78, 5) is 44.5. The average Bonchev–Trinajstić information content (AvgIpc) is 2.41. The van der Waals surface area contributed by atoms with E-state index in [1.54, 1.807) is 0 Å². The van der Waals surface area contributed by atoms with E-state index in [-0.39, 0.29) is 31.0 Å². The van der Waals surface area contributed by atoms with Crippen LogP contribution in [0.2, 0.25) is 0 Å². The van der Waals surface area contributed by atoms with E-state index in [0.29, 0.717) is 6.42 Å². The van der Waals surface area contributed by atoms with Crippen molar-refractivity contribution in [2.45, 2.75) is 25.3 Å². The first-order valence-electron chi connectivity index (χ1n) is 5.93. The van der Waals surface area contributed by atoms with Gasteiger partial charge in [-0.15, -0.1) is 0 Å². The van der Waals surface area contributed by atoms with Gasteiger partial charge in [-0.05, 0) is 6.42 Å². The van der Waals surface area contributed by atoms with Crippen LogP contribution in [0.25, 0.3) is 0 Å². The molecule has 3 amide bonds. The van der Waals surface area contributed by atoms with Gasteiger partial charge in [0.1, 0.15) is 6.04 Å². The smallest absolute Gasteiger partial charge is 0.305 e. The Morgan fingerprint density at radius 3 is 2.40 bits per heavy atom. The molecule has 0 saturated carbocycles. The molecule has 9 heteroatoms. The Kier molecular flexibility index (Phi) is 9.18. The van der Waals surface area contributed by atoms with Crippen molar-refractivity contribution in [3.8, 4) is 0 Å². The molecule has 1 atom stereocenters. The van der Waals surface area contributed by atoms with E-state index in [1.165, 1.54) is 7.11 Å². The molecule has 0 aliphatic heterocycles. The zero-order valence-electron chi connectivity index (χ0n) is 11.2. The molecule has 0 aromatic heterocycles. The molecular weight excluding hydrogens is 286 g/mol. The van der Waals surface area contributed by atoms with Crippen molar-refractivity contribution in [3.63, 3.8) is 0 Å². The standard InChI is InChI=1S/C11H19N3O5S/c1-19-10(17)4-2-3-9(16)14-7(6-20)11(18)13-5-8(12)15/h7,20H,2-6H2,1H3,(H2,12,15)(H,13,18)(H,14,16). The lowest BCUT2D eigenvalue weighted by Crippen LogP contribution is -2.49. The van der Waals surface area contributed by atoms with Crippen LogP contribution in [0.3, 0.4) is 0 Å². The van der Waals surface area contributed by atoms with Gasteiger partial charge in [-0.2, -0.15) is 12.6 Å². The summed E-state index contributed by atoms with van der Waals surface area (Å²) < 4.78 is 4.44. The van der Waals surface area contributed by atoms with Gasteiger partial charge in [0.25, 0.3) is 0 Å². The van der Waals surface area contributed by atoms with Crippen LogP contribution in [0, 0.1) is 0 Å². The van der Waals surface area contributed by atoms with E-state index in [2.05, 4.69) is 28.0 Å². The number of nitrogens with two attached hydrogens (primary N) is 1. The highest BCUT2D eigenvalue weighted by Crippen LogP contribution is 1.98. The number of ether oxygens (including phenoxy) is 1. The molecule has 1 unspecified atom stereocenters. The topological polar surface area (TPSA) is 128 Å². The normalized spacial score (nSPS) is 11.3. The second kappa shape index (κ2) is 10.1. The van der Waals surface area contributed by atoms with Crippen molar-refractivity contribution < 1.29 is 23.9 Å². The number of thiol groups is 1. The van der Waals surface area contributed by atoms with E-state index in [0.717, 1.165) is 0 Å². The Morgan fingerprint density at radius 2 is 1.90 bits per heavy atom. The van der Waals surface area contributed by atoms with E-state index in [1.807, 2.05) is 0 Å². The lowest BCUT2D eigenvalue weighted by Gasteiger charge is -2.15. The van der Waals surface area contributed by atoms with Gasteiger partial charge in [-0.1, -0.05) is 0 Å². The monoisotopic (exact) mass is 305 g/mol. The fourth-order valence-electron chi connectivity index (χ4n) is 1.25. The Morgan fingerprint density at radius 1 is 1.25 bits per heavy atom. The second-order valence-electron chi connectivity index (χ2n) is 3.92. The number of nitrogens with one attached hydrogen (secondary N) is 2. The summed E-state index contributed by atoms with van der Waals surface area (Å²) in [6.45, 7) is -0.304. The van der Waals surface area contributed by atoms with Crippen LogP contribution in [0.1, 0.15) is 19.3 Å². The predicted molar refractivity (Wildman–Crippen MR) is 73.9 cm³/mol. The number of amides is 3. The molecule has 0 bridgehead atoms. The molecule has 0 fully saturated rings. The van der Waals surface area contributed by atoms with Gasteiger partial charge in [0, 0.05) is 18.6 Å². The van der Waals surface area contributed by atoms with Gasteiger partial charge >= 0.3 is 5.97 Å². The van der Waals surface area contributed by atoms with Crippen LogP contribution in [0.15, 0.2) is 0 Å². The van der Waals surface area contributed by atoms with Gasteiger partial charge in [-0.25, -0.2) is 0 Å². The quantitative estimate of drug-likeness (QED) is 0.300. The number of rotatable bonds is 9. The highest BCUT2D eigenvalue weighted by atomic mass is 32.1. The maximum absolute atomic E-state index is 11.6. The van der Waals surface area contributed by atoms with Crippen LogP contribution in [0.4, 0.5) is 0 Å². The molecule has 0 rings (SSSR count). The molecule has 4 N–H and O–H groups in total. The minimum absolute atomic E-state index is 0.0767. The third kappa shape index (κ3) is 8.35. The van der Waals surface area contributed by atoms with Crippen molar-refractivity contribution in [2.24, 2.45) is 5.73 Å². The second-order valence-corrected chi connectivity index (χ2v) is 4.28. The highest BCUT2D eigenvalue weighted by Gasteiger charge is 2.19. The van der Waals surface area contributed by atoms with E-state index in [4.69, 9.17) is 5.73 Å². The largest absolute Gasteiger partial charge is 0.469 e. The lowest BCUT2D eigenvalue weighted by atomic mass is 10.2. The summed E-state index contributed by atoms with van der Waals surface area (Å²) >= 11 is 3.95. The lowest BCUT2D eigenvalue weighted by molar-refractivity contribution is -0.140. The highest BCUT2D eigenvalue weighted by molar-refractivity contribution is 7.80. The van der Waals surface area contributed by atoms with Crippen molar-refractivity contribution in [1.29, 1.82) is 0 Å². The zero-order chi connectivity index (χ0) is 15.5. The van der Waals surface area contributed by atoms with Crippen LogP contribution in [-0.4, -0.2) is 49.1 Å². The number of methoxy groups -OCH3 is 1. The summed E-state index contributed by atoms with van der Waals surface area (Å²) in [5, 5.41) is 4.72. The molecule has 114 valence electrons. The van der Waals surface area contributed by atoms with E-state index >= 15 is 0 Å². The minimum atomic E-state index is -0.858. The Balaban J connectivity index is 4.08. The number of primary amides is 1. The van der Waals surface area contributed by atoms with Gasteiger partial charge in [-0.3, -0.25) is 19.2 Å². The van der Waals surface area contributed by atoms with Crippen LogP contribution >= 0.6 is 12.6 Å². The van der Waals surface area contributed by atoms with Gasteiger partial charge in [0.15, 0.2) is 0 Å². The molecule has 0 aromatic rings. The first-order valence-corrected chi connectivity index (χ1v) is 6.57. The Bertz CT molecular complexity index is 375. The summed E-state index contributed by atoms with van der Waals surface area (Å²) in [5.74, 6) is -1.93. The minimum Gasteiger partial charge on any atom is -0.469 e. The molecule has 0 heterocycles. The van der Waals surface area contributed by atoms with Crippen molar-refractivity contribution in [2.75, 3.05) is 19.4 Å². The Hall–Kier alpha value is -1.77. The number of carbonyl (C=O) groups excluding carboxylic acids is 4. The van der Waals surface area contributed by atoms with Crippen LogP contribution < -0.4 is 16.4 Å². The SMILES string of the molecule is COC(=O)CCCC(=O)NC(CS)C(=O)NCC(N)=O. The zero-order valence-corrected chi connectivity index (χ0v) is 12.1. The van der Waals surface area contributed by atoms with Crippen molar-refractivity contribution >= 4 is 36.3 Å². The first-order chi connectivity index (χ1) is 9.40. The molecule has 0 saturated heterocycles. The van der Waals surface area contributed by atoms with Gasteiger partial charge in [0.2, 0.25) is 17.7 Å². The first kappa shape index (κ1) is 18.2. The molecule has 0 aliphatic rings. The maximum Gasteiger partial charge on any atom is 0.305 e.